The standard InChI is InChI=1S/C34H39ClN6O5S2/c1-19-16-24-30(27(20-6-8-21(35)9-7-20)26(19)29(33(42)43)46-34(2,3)4)47-32(37-24)23-10-11-25-28(36-23)31(38-39(25)5)41-14-12-40(13-15-41)22-17-48(44,45)18-22/h6-11,16,22,29,44-45H,12-15,17-18H2,1-5H3,(H,42,43)/t29-/m0/s1. The second-order valence-electron chi connectivity index (χ2n) is 13.6. The van der Waals surface area contributed by atoms with Crippen LogP contribution in [0.1, 0.15) is 38.0 Å². The van der Waals surface area contributed by atoms with E-state index in [4.69, 9.17) is 31.4 Å². The van der Waals surface area contributed by atoms with Gasteiger partial charge in [-0.1, -0.05) is 23.7 Å². The van der Waals surface area contributed by atoms with Gasteiger partial charge in [0.05, 0.1) is 38.5 Å². The Balaban J connectivity index is 1.29. The monoisotopic (exact) mass is 710 g/mol. The summed E-state index contributed by atoms with van der Waals surface area (Å²) in [5, 5.41) is 16.6. The number of carboxylic acid groups (broad SMARTS) is 1. The van der Waals surface area contributed by atoms with Crippen LogP contribution in [0.15, 0.2) is 42.5 Å². The van der Waals surface area contributed by atoms with Crippen molar-refractivity contribution in [2.75, 3.05) is 42.6 Å². The molecular formula is C34H39ClN6O5S2. The molecule has 0 bridgehead atoms. The van der Waals surface area contributed by atoms with Crippen molar-refractivity contribution in [3.63, 3.8) is 0 Å². The fourth-order valence-electron chi connectivity index (χ4n) is 6.68. The second kappa shape index (κ2) is 12.2. The number of hydrogen-bond acceptors (Lipinski definition) is 10. The summed E-state index contributed by atoms with van der Waals surface area (Å²) in [5.41, 5.74) is 5.40. The molecule has 0 radical (unpaired) electrons. The molecule has 48 heavy (non-hydrogen) atoms. The average molecular weight is 711 g/mol. The molecule has 254 valence electrons. The SMILES string of the molecule is Cc1cc2nc(-c3ccc4c(n3)c(N3CCN(C5CS(O)(O)C5)CC3)nn4C)sc2c(-c2ccc(Cl)cc2)c1[C@H](OC(C)(C)C)C(=O)O. The van der Waals surface area contributed by atoms with Crippen LogP contribution in [0.3, 0.4) is 0 Å². The predicted molar refractivity (Wildman–Crippen MR) is 194 cm³/mol. The molecule has 1 atom stereocenters. The number of aromatic nitrogens is 4. The molecular weight excluding hydrogens is 672 g/mol. The van der Waals surface area contributed by atoms with Crippen LogP contribution in [-0.4, -0.2) is 94.2 Å². The minimum Gasteiger partial charge on any atom is -0.479 e. The number of fused-ring (bicyclic) bond motifs is 2. The molecule has 11 nitrogen and oxygen atoms in total. The molecule has 5 aromatic rings. The van der Waals surface area contributed by atoms with Crippen LogP contribution in [0.25, 0.3) is 43.1 Å². The number of benzene rings is 2. The third kappa shape index (κ3) is 6.28. The fourth-order valence-corrected chi connectivity index (χ4v) is 9.46. The maximum atomic E-state index is 12.7. The number of aryl methyl sites for hydroxylation is 2. The summed E-state index contributed by atoms with van der Waals surface area (Å²) in [6, 6.07) is 13.5. The molecule has 0 saturated carbocycles. The Morgan fingerprint density at radius 3 is 2.38 bits per heavy atom. The first-order chi connectivity index (χ1) is 22.7. The Bertz CT molecular complexity index is 2020. The van der Waals surface area contributed by atoms with Crippen molar-refractivity contribution >= 4 is 66.6 Å². The Hall–Kier alpha value is -3.30. The van der Waals surface area contributed by atoms with Crippen LogP contribution in [-0.2, 0) is 16.6 Å². The van der Waals surface area contributed by atoms with Gasteiger partial charge in [-0.15, -0.1) is 11.3 Å². The topological polar surface area (TPSA) is 137 Å². The van der Waals surface area contributed by atoms with Gasteiger partial charge in [-0.2, -0.15) is 15.7 Å². The molecule has 3 aromatic heterocycles. The van der Waals surface area contributed by atoms with Crippen LogP contribution in [0, 0.1) is 6.92 Å². The van der Waals surface area contributed by atoms with E-state index in [2.05, 4.69) is 9.80 Å². The summed E-state index contributed by atoms with van der Waals surface area (Å²) in [7, 11) is -0.458. The maximum Gasteiger partial charge on any atom is 0.337 e. The highest BCUT2D eigenvalue weighted by molar-refractivity contribution is 8.25. The smallest absolute Gasteiger partial charge is 0.337 e. The summed E-state index contributed by atoms with van der Waals surface area (Å²) in [5.74, 6) is 0.687. The third-order valence-corrected chi connectivity index (χ3v) is 12.2. The van der Waals surface area contributed by atoms with Gasteiger partial charge >= 0.3 is 5.97 Å². The number of piperazine rings is 1. The van der Waals surface area contributed by atoms with Gasteiger partial charge in [0.1, 0.15) is 10.5 Å². The van der Waals surface area contributed by atoms with Crippen molar-refractivity contribution < 1.29 is 23.7 Å². The maximum absolute atomic E-state index is 12.7. The molecule has 0 unspecified atom stereocenters. The summed E-state index contributed by atoms with van der Waals surface area (Å²) >= 11 is 7.74. The number of carbonyl (C=O) groups is 1. The van der Waals surface area contributed by atoms with Crippen LogP contribution in [0.2, 0.25) is 5.02 Å². The van der Waals surface area contributed by atoms with E-state index < -0.39 is 28.3 Å². The largest absolute Gasteiger partial charge is 0.479 e. The Labute approximate surface area is 289 Å². The zero-order valence-corrected chi connectivity index (χ0v) is 29.9. The summed E-state index contributed by atoms with van der Waals surface area (Å²) in [4.78, 5) is 27.5. The van der Waals surface area contributed by atoms with Gasteiger partial charge in [0, 0.05) is 55.4 Å². The molecule has 2 aliphatic heterocycles. The van der Waals surface area contributed by atoms with Crippen LogP contribution >= 0.6 is 33.5 Å². The molecule has 0 spiro atoms. The molecule has 0 aliphatic carbocycles. The summed E-state index contributed by atoms with van der Waals surface area (Å²) in [6.45, 7) is 10.6. The van der Waals surface area contributed by atoms with Gasteiger partial charge in [-0.3, -0.25) is 18.7 Å². The first kappa shape index (κ1) is 33.2. The Kier molecular flexibility index (Phi) is 8.46. The number of halogens is 1. The number of hydrogen-bond donors (Lipinski definition) is 3. The first-order valence-electron chi connectivity index (χ1n) is 15.8. The van der Waals surface area contributed by atoms with Gasteiger partial charge in [0.25, 0.3) is 0 Å². The molecule has 2 saturated heterocycles. The normalized spacial score (nSPS) is 18.7. The number of aliphatic carboxylic acids is 1. The van der Waals surface area contributed by atoms with Crippen molar-refractivity contribution in [3.05, 3.63) is 58.6 Å². The van der Waals surface area contributed by atoms with Crippen LogP contribution in [0.4, 0.5) is 5.82 Å². The van der Waals surface area contributed by atoms with Gasteiger partial charge in [0.15, 0.2) is 11.9 Å². The third-order valence-electron chi connectivity index (χ3n) is 8.97. The predicted octanol–water partition coefficient (Wildman–Crippen LogP) is 7.07. The van der Waals surface area contributed by atoms with E-state index in [-0.39, 0.29) is 6.04 Å². The number of carboxylic acids is 1. The zero-order chi connectivity index (χ0) is 34.1. The van der Waals surface area contributed by atoms with E-state index >= 15 is 0 Å². The minimum absolute atomic E-state index is 0.231. The number of pyridine rings is 1. The number of thiazole rings is 1. The van der Waals surface area contributed by atoms with Crippen LogP contribution in [0.5, 0.6) is 0 Å². The first-order valence-corrected chi connectivity index (χ1v) is 18.9. The molecule has 0 amide bonds. The molecule has 2 fully saturated rings. The van der Waals surface area contributed by atoms with E-state index in [1.54, 1.807) is 12.1 Å². The molecule has 14 heteroatoms. The van der Waals surface area contributed by atoms with Gasteiger partial charge < -0.3 is 14.7 Å². The fraction of sp³-hybridized carbons (Fsp3) is 0.412. The van der Waals surface area contributed by atoms with Crippen molar-refractivity contribution in [3.8, 4) is 21.8 Å². The molecule has 2 aromatic carbocycles. The van der Waals surface area contributed by atoms with E-state index in [9.17, 15) is 19.0 Å². The lowest BCUT2D eigenvalue weighted by Gasteiger charge is -2.52. The van der Waals surface area contributed by atoms with Crippen molar-refractivity contribution in [2.45, 2.75) is 45.4 Å². The lowest BCUT2D eigenvalue weighted by Crippen LogP contribution is -2.57. The van der Waals surface area contributed by atoms with E-state index in [0.29, 0.717) is 32.8 Å². The minimum atomic E-state index is -2.38. The highest BCUT2D eigenvalue weighted by Gasteiger charge is 2.39. The number of nitrogens with zero attached hydrogens (tertiary/aromatic N) is 6. The van der Waals surface area contributed by atoms with Crippen molar-refractivity contribution in [1.29, 1.82) is 0 Å². The lowest BCUT2D eigenvalue weighted by atomic mass is 9.91. The van der Waals surface area contributed by atoms with Gasteiger partial charge in [-0.25, -0.2) is 14.8 Å². The molecule has 7 rings (SSSR count). The number of anilines is 1. The van der Waals surface area contributed by atoms with E-state index in [1.807, 2.05) is 69.8 Å². The number of ether oxygens (including phenoxy) is 1. The van der Waals surface area contributed by atoms with Crippen molar-refractivity contribution in [1.82, 2.24) is 24.6 Å². The molecule has 2 aliphatic rings. The average Bonchev–Trinajstić information content (AvgIpc) is 3.58. The summed E-state index contributed by atoms with van der Waals surface area (Å²) < 4.78 is 28.6. The zero-order valence-electron chi connectivity index (χ0n) is 27.5. The van der Waals surface area contributed by atoms with Crippen LogP contribution < -0.4 is 4.90 Å². The van der Waals surface area contributed by atoms with E-state index in [1.165, 1.54) is 11.3 Å². The van der Waals surface area contributed by atoms with Crippen molar-refractivity contribution in [2.24, 2.45) is 7.05 Å². The molecule has 3 N–H and O–H groups in total. The quantitative estimate of drug-likeness (QED) is 0.161. The Morgan fingerprint density at radius 1 is 1.06 bits per heavy atom. The summed E-state index contributed by atoms with van der Waals surface area (Å²) in [6.07, 6.45) is -1.20. The number of rotatable bonds is 7. The molecule has 5 heterocycles. The second-order valence-corrected chi connectivity index (χ2v) is 17.3. The van der Waals surface area contributed by atoms with E-state index in [0.717, 1.165) is 69.9 Å². The highest BCUT2D eigenvalue weighted by atomic mass is 35.5. The van der Waals surface area contributed by atoms with Gasteiger partial charge in [0.2, 0.25) is 0 Å². The lowest BCUT2D eigenvalue weighted by molar-refractivity contribution is -0.160. The Morgan fingerprint density at radius 2 is 1.75 bits per heavy atom. The highest BCUT2D eigenvalue weighted by Crippen LogP contribution is 2.50. The van der Waals surface area contributed by atoms with Gasteiger partial charge in [-0.05, 0) is 69.2 Å².